The predicted octanol–water partition coefficient (Wildman–Crippen LogP) is 2.21. The number of carbonyl (C=O) groups excluding carboxylic acids is 1. The van der Waals surface area contributed by atoms with E-state index in [1.807, 2.05) is 41.8 Å². The second kappa shape index (κ2) is 9.32. The Morgan fingerprint density at radius 2 is 2.09 bits per heavy atom. The summed E-state index contributed by atoms with van der Waals surface area (Å²) in [6, 6.07) is 9.89. The number of ether oxygens (including phenoxy) is 1. The Bertz CT molecular complexity index is 616. The molecule has 1 aromatic heterocycles. The van der Waals surface area contributed by atoms with Crippen LogP contribution in [0.2, 0.25) is 0 Å². The number of aromatic nitrogens is 3. The van der Waals surface area contributed by atoms with E-state index in [9.17, 15) is 4.79 Å². The molecule has 0 spiro atoms. The third-order valence-corrected chi connectivity index (χ3v) is 4.14. The first kappa shape index (κ1) is 17.5. The van der Waals surface area contributed by atoms with Crippen molar-refractivity contribution in [2.45, 2.75) is 25.0 Å². The van der Waals surface area contributed by atoms with Crippen molar-refractivity contribution in [3.63, 3.8) is 0 Å². The van der Waals surface area contributed by atoms with Crippen LogP contribution in [-0.2, 0) is 16.1 Å². The van der Waals surface area contributed by atoms with Crippen molar-refractivity contribution in [1.29, 1.82) is 0 Å². The van der Waals surface area contributed by atoms with Gasteiger partial charge in [0.05, 0.1) is 18.9 Å². The van der Waals surface area contributed by atoms with Crippen LogP contribution < -0.4 is 5.32 Å². The second-order valence-corrected chi connectivity index (χ2v) is 5.90. The van der Waals surface area contributed by atoms with E-state index in [2.05, 4.69) is 15.5 Å². The monoisotopic (exact) mass is 334 g/mol. The van der Waals surface area contributed by atoms with Crippen molar-refractivity contribution in [3.05, 3.63) is 30.3 Å². The van der Waals surface area contributed by atoms with E-state index in [4.69, 9.17) is 4.74 Å². The number of hydrogen-bond donors (Lipinski definition) is 1. The number of carbonyl (C=O) groups is 1. The zero-order valence-corrected chi connectivity index (χ0v) is 14.3. The highest BCUT2D eigenvalue weighted by molar-refractivity contribution is 7.99. The van der Waals surface area contributed by atoms with Gasteiger partial charge in [0.15, 0.2) is 11.0 Å². The van der Waals surface area contributed by atoms with Gasteiger partial charge in [0.1, 0.15) is 0 Å². The van der Waals surface area contributed by atoms with Gasteiger partial charge < -0.3 is 10.1 Å². The molecule has 1 N–H and O–H groups in total. The molecule has 2 rings (SSSR count). The first-order chi connectivity index (χ1) is 11.3. The van der Waals surface area contributed by atoms with E-state index < -0.39 is 0 Å². The second-order valence-electron chi connectivity index (χ2n) is 4.96. The average Bonchev–Trinajstić information content (AvgIpc) is 2.99. The molecule has 0 aliphatic carbocycles. The van der Waals surface area contributed by atoms with Crippen LogP contribution in [0.5, 0.6) is 0 Å². The lowest BCUT2D eigenvalue weighted by atomic mass is 10.2. The molecule has 124 valence electrons. The molecule has 0 saturated carbocycles. The molecule has 0 bridgehead atoms. The van der Waals surface area contributed by atoms with Crippen molar-refractivity contribution >= 4 is 17.7 Å². The van der Waals surface area contributed by atoms with Crippen molar-refractivity contribution in [1.82, 2.24) is 20.1 Å². The summed E-state index contributed by atoms with van der Waals surface area (Å²) in [4.78, 5) is 11.8. The molecule has 7 heteroatoms. The van der Waals surface area contributed by atoms with Gasteiger partial charge in [0, 0.05) is 19.2 Å². The van der Waals surface area contributed by atoms with Gasteiger partial charge in [-0.1, -0.05) is 49.0 Å². The number of nitrogens with one attached hydrogen (secondary N) is 1. The van der Waals surface area contributed by atoms with Gasteiger partial charge in [-0.15, -0.1) is 10.2 Å². The Morgan fingerprint density at radius 1 is 1.30 bits per heavy atom. The van der Waals surface area contributed by atoms with Crippen molar-refractivity contribution < 1.29 is 9.53 Å². The Hall–Kier alpha value is -1.86. The summed E-state index contributed by atoms with van der Waals surface area (Å²) in [5, 5.41) is 12.1. The first-order valence-corrected chi connectivity index (χ1v) is 8.61. The first-order valence-electron chi connectivity index (χ1n) is 7.63. The lowest BCUT2D eigenvalue weighted by Gasteiger charge is -2.09. The number of amides is 1. The molecular formula is C16H22N4O2S. The molecule has 0 aliphatic heterocycles. The molecule has 0 aliphatic rings. The molecule has 0 saturated heterocycles. The largest absolute Gasteiger partial charge is 0.383 e. The zero-order valence-electron chi connectivity index (χ0n) is 13.5. The Labute approximate surface area is 140 Å². The third-order valence-electron chi connectivity index (χ3n) is 3.17. The summed E-state index contributed by atoms with van der Waals surface area (Å²) >= 11 is 1.39. The predicted molar refractivity (Wildman–Crippen MR) is 91.4 cm³/mol. The summed E-state index contributed by atoms with van der Waals surface area (Å²) in [5.41, 5.74) is 0.999. The van der Waals surface area contributed by atoms with Gasteiger partial charge in [-0.3, -0.25) is 9.36 Å². The summed E-state index contributed by atoms with van der Waals surface area (Å²) in [6.07, 6.45) is 0.929. The number of methoxy groups -OCH3 is 1. The number of thioether (sulfide) groups is 1. The molecule has 1 heterocycles. The van der Waals surface area contributed by atoms with E-state index in [0.29, 0.717) is 25.4 Å². The lowest BCUT2D eigenvalue weighted by molar-refractivity contribution is -0.118. The van der Waals surface area contributed by atoms with Crippen molar-refractivity contribution in [2.75, 3.05) is 26.0 Å². The molecule has 0 radical (unpaired) electrons. The standard InChI is InChI=1S/C16H22N4O2S/c1-3-9-17-14(21)12-23-16-19-18-15(20(16)10-11-22-2)13-7-5-4-6-8-13/h4-8H,3,9-12H2,1-2H3,(H,17,21). The smallest absolute Gasteiger partial charge is 0.230 e. The van der Waals surface area contributed by atoms with Crippen LogP contribution in [0.4, 0.5) is 0 Å². The van der Waals surface area contributed by atoms with Crippen LogP contribution in [0.1, 0.15) is 13.3 Å². The minimum Gasteiger partial charge on any atom is -0.383 e. The highest BCUT2D eigenvalue weighted by Crippen LogP contribution is 2.23. The molecule has 2 aromatic rings. The van der Waals surface area contributed by atoms with Gasteiger partial charge in [0.25, 0.3) is 0 Å². The van der Waals surface area contributed by atoms with E-state index in [-0.39, 0.29) is 5.91 Å². The fraction of sp³-hybridized carbons (Fsp3) is 0.438. The maximum Gasteiger partial charge on any atom is 0.230 e. The number of benzene rings is 1. The summed E-state index contributed by atoms with van der Waals surface area (Å²) in [5.74, 6) is 1.14. The molecule has 6 nitrogen and oxygen atoms in total. The van der Waals surface area contributed by atoms with Gasteiger partial charge in [0.2, 0.25) is 5.91 Å². The minimum atomic E-state index is 0.0133. The fourth-order valence-electron chi connectivity index (χ4n) is 2.03. The Morgan fingerprint density at radius 3 is 2.78 bits per heavy atom. The van der Waals surface area contributed by atoms with Crippen LogP contribution in [0.15, 0.2) is 35.5 Å². The van der Waals surface area contributed by atoms with Crippen LogP contribution in [0.25, 0.3) is 11.4 Å². The number of rotatable bonds is 9. The average molecular weight is 334 g/mol. The minimum absolute atomic E-state index is 0.0133. The molecule has 23 heavy (non-hydrogen) atoms. The van der Waals surface area contributed by atoms with Gasteiger partial charge in [-0.2, -0.15) is 0 Å². The third kappa shape index (κ3) is 5.07. The van der Waals surface area contributed by atoms with Crippen molar-refractivity contribution in [3.8, 4) is 11.4 Å². The highest BCUT2D eigenvalue weighted by Gasteiger charge is 2.15. The number of hydrogen-bond acceptors (Lipinski definition) is 5. The Kier molecular flexibility index (Phi) is 7.09. The summed E-state index contributed by atoms with van der Waals surface area (Å²) < 4.78 is 7.17. The highest BCUT2D eigenvalue weighted by atomic mass is 32.2. The molecule has 1 amide bonds. The maximum atomic E-state index is 11.8. The van der Waals surface area contributed by atoms with Gasteiger partial charge in [-0.25, -0.2) is 0 Å². The summed E-state index contributed by atoms with van der Waals surface area (Å²) in [6.45, 7) is 3.94. The zero-order chi connectivity index (χ0) is 16.5. The SMILES string of the molecule is CCCNC(=O)CSc1nnc(-c2ccccc2)n1CCOC. The van der Waals surface area contributed by atoms with Crippen LogP contribution in [0, 0.1) is 0 Å². The van der Waals surface area contributed by atoms with E-state index in [0.717, 1.165) is 23.0 Å². The van der Waals surface area contributed by atoms with Gasteiger partial charge >= 0.3 is 0 Å². The van der Waals surface area contributed by atoms with E-state index >= 15 is 0 Å². The Balaban J connectivity index is 2.12. The maximum absolute atomic E-state index is 11.8. The van der Waals surface area contributed by atoms with Crippen LogP contribution in [-0.4, -0.2) is 46.7 Å². The van der Waals surface area contributed by atoms with Crippen molar-refractivity contribution in [2.24, 2.45) is 0 Å². The van der Waals surface area contributed by atoms with Crippen LogP contribution >= 0.6 is 11.8 Å². The fourth-order valence-corrected chi connectivity index (χ4v) is 2.82. The van der Waals surface area contributed by atoms with Gasteiger partial charge in [-0.05, 0) is 6.42 Å². The topological polar surface area (TPSA) is 69.0 Å². The van der Waals surface area contributed by atoms with E-state index in [1.54, 1.807) is 7.11 Å². The molecular weight excluding hydrogens is 312 g/mol. The quantitative estimate of drug-likeness (QED) is 0.712. The van der Waals surface area contributed by atoms with Crippen LogP contribution in [0.3, 0.4) is 0 Å². The normalized spacial score (nSPS) is 10.7. The molecule has 0 unspecified atom stereocenters. The molecule has 0 atom stereocenters. The molecule has 0 fully saturated rings. The number of nitrogens with zero attached hydrogens (tertiary/aromatic N) is 3. The summed E-state index contributed by atoms with van der Waals surface area (Å²) in [7, 11) is 1.66. The molecule has 1 aromatic carbocycles. The lowest BCUT2D eigenvalue weighted by Crippen LogP contribution is -2.25. The van der Waals surface area contributed by atoms with E-state index in [1.165, 1.54) is 11.8 Å².